The van der Waals surface area contributed by atoms with E-state index >= 15 is 0 Å². The van der Waals surface area contributed by atoms with E-state index in [0.717, 1.165) is 13.1 Å². The Bertz CT molecular complexity index is 1320. The van der Waals surface area contributed by atoms with Crippen LogP contribution >= 0.6 is 0 Å². The van der Waals surface area contributed by atoms with Crippen molar-refractivity contribution in [1.29, 1.82) is 0 Å². The molecule has 2 aliphatic heterocycles. The number of anilines is 1. The third-order valence-electron chi connectivity index (χ3n) is 10.1. The van der Waals surface area contributed by atoms with E-state index < -0.39 is 0 Å². The molecule has 0 radical (unpaired) electrons. The van der Waals surface area contributed by atoms with E-state index in [1.54, 1.807) is 0 Å². The fourth-order valence-electron chi connectivity index (χ4n) is 7.39. The Morgan fingerprint density at radius 1 is 0.674 bits per heavy atom. The predicted molar refractivity (Wildman–Crippen MR) is 190 cm³/mol. The first kappa shape index (κ1) is 33.3. The molecular weight excluding hydrogens is 520 g/mol. The van der Waals surface area contributed by atoms with Gasteiger partial charge in [0, 0.05) is 47.5 Å². The highest BCUT2D eigenvalue weighted by Crippen LogP contribution is 2.48. The van der Waals surface area contributed by atoms with E-state index in [9.17, 15) is 0 Å². The van der Waals surface area contributed by atoms with Crippen molar-refractivity contribution in [1.82, 2.24) is 0 Å². The summed E-state index contributed by atoms with van der Waals surface area (Å²) in [5, 5.41) is 0. The normalized spacial score (nSPS) is 17.9. The third kappa shape index (κ3) is 7.55. The summed E-state index contributed by atoms with van der Waals surface area (Å²) in [5.41, 5.74) is 11.3. The van der Waals surface area contributed by atoms with Gasteiger partial charge in [-0.15, -0.1) is 0 Å². The zero-order valence-electron chi connectivity index (χ0n) is 29.0. The molecular formula is C41H61N2+. The first-order valence-corrected chi connectivity index (χ1v) is 17.7. The molecule has 43 heavy (non-hydrogen) atoms. The lowest BCUT2D eigenvalue weighted by atomic mass is 9.80. The molecule has 2 nitrogen and oxygen atoms in total. The van der Waals surface area contributed by atoms with Gasteiger partial charge in [-0.05, 0) is 64.3 Å². The maximum absolute atomic E-state index is 2.63. The molecule has 0 amide bonds. The number of fused-ring (bicyclic) bond motifs is 2. The molecule has 2 aromatic rings. The number of nitrogens with zero attached hydrogens (tertiary/aromatic N) is 2. The molecule has 0 unspecified atom stereocenters. The van der Waals surface area contributed by atoms with E-state index in [4.69, 9.17) is 0 Å². The van der Waals surface area contributed by atoms with Crippen molar-refractivity contribution in [3.63, 3.8) is 0 Å². The number of rotatable bonds is 16. The highest BCUT2D eigenvalue weighted by Gasteiger charge is 2.44. The molecule has 0 bridgehead atoms. The van der Waals surface area contributed by atoms with E-state index in [2.05, 4.69) is 119 Å². The summed E-state index contributed by atoms with van der Waals surface area (Å²) in [5.74, 6) is 0. The topological polar surface area (TPSA) is 6.25 Å². The van der Waals surface area contributed by atoms with Crippen molar-refractivity contribution >= 4 is 17.1 Å². The van der Waals surface area contributed by atoms with Crippen LogP contribution in [0.1, 0.15) is 141 Å². The molecule has 2 heteroatoms. The maximum Gasteiger partial charge on any atom is 0.209 e. The zero-order chi connectivity index (χ0) is 31.0. The van der Waals surface area contributed by atoms with Crippen LogP contribution in [0.5, 0.6) is 0 Å². The molecule has 0 fully saturated rings. The smallest absolute Gasteiger partial charge is 0.209 e. The molecule has 2 aliphatic rings. The highest BCUT2D eigenvalue weighted by atomic mass is 15.2. The average molecular weight is 582 g/mol. The Balaban J connectivity index is 1.62. The van der Waals surface area contributed by atoms with Gasteiger partial charge >= 0.3 is 0 Å². The van der Waals surface area contributed by atoms with Crippen LogP contribution in [0, 0.1) is 13.8 Å². The summed E-state index contributed by atoms with van der Waals surface area (Å²) in [6.45, 7) is 20.9. The van der Waals surface area contributed by atoms with Gasteiger partial charge in [0.25, 0.3) is 0 Å². The summed E-state index contributed by atoms with van der Waals surface area (Å²) in [4.78, 5) is 2.63. The lowest BCUT2D eigenvalue weighted by molar-refractivity contribution is -0.438. The van der Waals surface area contributed by atoms with Crippen LogP contribution in [0.2, 0.25) is 0 Å². The molecule has 0 N–H and O–H groups in total. The van der Waals surface area contributed by atoms with Crippen LogP contribution in [-0.4, -0.2) is 23.4 Å². The minimum Gasteiger partial charge on any atom is -0.344 e. The van der Waals surface area contributed by atoms with Crippen LogP contribution < -0.4 is 4.90 Å². The number of allylic oxidation sites excluding steroid dienone is 4. The standard InChI is InChI=1S/C41H61N2/c1-9-11-13-15-17-19-28-42-36-26-24-32(3)30-34(36)40(5,6)38(42)22-21-23-39-41(7,8)35-31-33(4)25-27-37(35)43(39)29-20-18-16-14-12-10-2/h21-27,30-31H,9-20,28-29H2,1-8H3/q+1. The summed E-state index contributed by atoms with van der Waals surface area (Å²) in [7, 11) is 0. The first-order valence-electron chi connectivity index (χ1n) is 17.7. The lowest BCUT2D eigenvalue weighted by Crippen LogP contribution is -2.28. The maximum atomic E-state index is 2.63. The minimum atomic E-state index is -0.0119. The van der Waals surface area contributed by atoms with E-state index in [1.807, 2.05) is 0 Å². The van der Waals surface area contributed by atoms with Crippen molar-refractivity contribution < 1.29 is 4.58 Å². The van der Waals surface area contributed by atoms with E-state index in [0.29, 0.717) is 0 Å². The van der Waals surface area contributed by atoms with E-state index in [1.165, 1.54) is 122 Å². The molecule has 2 heterocycles. The summed E-state index contributed by atoms with van der Waals surface area (Å²) >= 11 is 0. The van der Waals surface area contributed by atoms with Crippen molar-refractivity contribution in [3.05, 3.63) is 82.6 Å². The first-order chi connectivity index (χ1) is 20.6. The molecule has 0 spiro atoms. The fraction of sp³-hybridized carbons (Fsp3) is 0.585. The van der Waals surface area contributed by atoms with Crippen molar-refractivity contribution in [2.24, 2.45) is 0 Å². The van der Waals surface area contributed by atoms with Gasteiger partial charge in [-0.3, -0.25) is 0 Å². The second-order valence-electron chi connectivity index (χ2n) is 14.4. The average Bonchev–Trinajstić information content (AvgIpc) is 3.30. The molecule has 0 saturated carbocycles. The molecule has 234 valence electrons. The van der Waals surface area contributed by atoms with Gasteiger partial charge < -0.3 is 4.90 Å². The van der Waals surface area contributed by atoms with Crippen molar-refractivity contribution in [2.75, 3.05) is 18.0 Å². The number of hydrogen-bond acceptors (Lipinski definition) is 1. The van der Waals surface area contributed by atoms with Gasteiger partial charge in [-0.1, -0.05) is 121 Å². The number of aryl methyl sites for hydroxylation is 2. The predicted octanol–water partition coefficient (Wildman–Crippen LogP) is 11.6. The second-order valence-corrected chi connectivity index (χ2v) is 14.4. The minimum absolute atomic E-state index is 0.0119. The van der Waals surface area contributed by atoms with Gasteiger partial charge in [0.05, 0.1) is 5.41 Å². The Hall–Kier alpha value is -2.61. The van der Waals surface area contributed by atoms with E-state index in [-0.39, 0.29) is 10.8 Å². The van der Waals surface area contributed by atoms with Gasteiger partial charge in [0.15, 0.2) is 5.71 Å². The highest BCUT2D eigenvalue weighted by molar-refractivity contribution is 6.03. The lowest BCUT2D eigenvalue weighted by Gasteiger charge is -2.27. The van der Waals surface area contributed by atoms with Gasteiger partial charge in [0.1, 0.15) is 6.54 Å². The quantitative estimate of drug-likeness (QED) is 0.141. The Morgan fingerprint density at radius 3 is 1.93 bits per heavy atom. The monoisotopic (exact) mass is 581 g/mol. The Kier molecular flexibility index (Phi) is 11.5. The van der Waals surface area contributed by atoms with Crippen LogP contribution in [0.15, 0.2) is 60.3 Å². The molecule has 0 atom stereocenters. The van der Waals surface area contributed by atoms with Crippen molar-refractivity contribution in [2.45, 2.75) is 143 Å². The number of benzene rings is 2. The van der Waals surface area contributed by atoms with Crippen molar-refractivity contribution in [3.8, 4) is 0 Å². The fourth-order valence-corrected chi connectivity index (χ4v) is 7.39. The van der Waals surface area contributed by atoms with Gasteiger partial charge in [-0.25, -0.2) is 0 Å². The number of unbranched alkanes of at least 4 members (excludes halogenated alkanes) is 10. The Labute approximate surface area is 265 Å². The molecule has 0 aromatic heterocycles. The summed E-state index contributed by atoms with van der Waals surface area (Å²) in [6.07, 6.45) is 23.2. The third-order valence-corrected chi connectivity index (χ3v) is 10.1. The van der Waals surface area contributed by atoms with Gasteiger partial charge in [-0.2, -0.15) is 4.58 Å². The SMILES string of the molecule is CCCCCCCCN1/C(=C\C=C\C2=[N+](CCCCCCCC)c3ccc(C)cc3C2(C)C)C(C)(C)c2cc(C)ccc21. The second kappa shape index (κ2) is 14.9. The zero-order valence-corrected chi connectivity index (χ0v) is 29.0. The molecule has 0 aliphatic carbocycles. The molecule has 4 rings (SSSR count). The largest absolute Gasteiger partial charge is 0.344 e. The van der Waals surface area contributed by atoms with Crippen LogP contribution in [0.25, 0.3) is 0 Å². The van der Waals surface area contributed by atoms with Crippen LogP contribution in [0.3, 0.4) is 0 Å². The van der Waals surface area contributed by atoms with Crippen LogP contribution in [0.4, 0.5) is 11.4 Å². The Morgan fingerprint density at radius 2 is 1.26 bits per heavy atom. The number of hydrogen-bond donors (Lipinski definition) is 0. The van der Waals surface area contributed by atoms with Gasteiger partial charge in [0.2, 0.25) is 5.69 Å². The summed E-state index contributed by atoms with van der Waals surface area (Å²) < 4.78 is 2.63. The molecule has 0 saturated heterocycles. The molecule has 2 aromatic carbocycles. The van der Waals surface area contributed by atoms with Crippen LogP contribution in [-0.2, 0) is 10.8 Å². The summed E-state index contributed by atoms with van der Waals surface area (Å²) in [6, 6.07) is 14.2.